The second-order valence-corrected chi connectivity index (χ2v) is 9.16. The van der Waals surface area contributed by atoms with Gasteiger partial charge in [0.05, 0.1) is 6.42 Å². The normalized spacial score (nSPS) is 21.3. The van der Waals surface area contributed by atoms with E-state index in [-0.39, 0.29) is 11.5 Å². The topological polar surface area (TPSA) is 32.8 Å². The molecule has 0 bridgehead atoms. The van der Waals surface area contributed by atoms with Crippen LogP contribution in [0.25, 0.3) is 0 Å². The van der Waals surface area contributed by atoms with Crippen LogP contribution in [-0.4, -0.2) is 47.5 Å². The van der Waals surface area contributed by atoms with E-state index in [4.69, 9.17) is 4.74 Å². The fourth-order valence-electron chi connectivity index (χ4n) is 4.66. The van der Waals surface area contributed by atoms with Gasteiger partial charge in [0.25, 0.3) is 0 Å². The van der Waals surface area contributed by atoms with Crippen molar-refractivity contribution in [2.24, 2.45) is 0 Å². The first-order chi connectivity index (χ1) is 13.9. The zero-order valence-corrected chi connectivity index (χ0v) is 17.9. The van der Waals surface area contributed by atoms with E-state index in [0.717, 1.165) is 50.5 Å². The number of carbonyl (C=O) groups is 1. The van der Waals surface area contributed by atoms with Gasteiger partial charge in [-0.3, -0.25) is 9.69 Å². The summed E-state index contributed by atoms with van der Waals surface area (Å²) in [7, 11) is 0. The Morgan fingerprint density at radius 1 is 1.03 bits per heavy atom. The maximum absolute atomic E-state index is 12.9. The molecular weight excluding hydrogens is 360 g/mol. The first-order valence-corrected chi connectivity index (χ1v) is 10.8. The summed E-state index contributed by atoms with van der Waals surface area (Å²) in [6.45, 7) is 11.0. The molecule has 0 aliphatic carbocycles. The van der Waals surface area contributed by atoms with Crippen molar-refractivity contribution in [3.8, 4) is 5.75 Å². The third-order valence-corrected chi connectivity index (χ3v) is 6.12. The van der Waals surface area contributed by atoms with Gasteiger partial charge in [0.15, 0.2) is 0 Å². The summed E-state index contributed by atoms with van der Waals surface area (Å²) in [5.74, 6) is 1.65. The largest absolute Gasteiger partial charge is 0.488 e. The molecule has 4 rings (SSSR count). The summed E-state index contributed by atoms with van der Waals surface area (Å²) in [5.41, 5.74) is 3.54. The van der Waals surface area contributed by atoms with Gasteiger partial charge in [-0.15, -0.1) is 0 Å². The van der Waals surface area contributed by atoms with E-state index in [0.29, 0.717) is 12.3 Å². The average molecular weight is 393 g/mol. The molecule has 29 heavy (non-hydrogen) atoms. The van der Waals surface area contributed by atoms with Crippen LogP contribution in [0.1, 0.15) is 49.8 Å². The van der Waals surface area contributed by atoms with Crippen LogP contribution in [-0.2, 0) is 17.8 Å². The minimum atomic E-state index is -0.122. The van der Waals surface area contributed by atoms with Crippen molar-refractivity contribution in [1.82, 2.24) is 9.80 Å². The van der Waals surface area contributed by atoms with Crippen LogP contribution < -0.4 is 4.74 Å². The van der Waals surface area contributed by atoms with Crippen molar-refractivity contribution in [3.05, 3.63) is 65.2 Å². The molecule has 154 valence electrons. The Labute approximate surface area is 174 Å². The van der Waals surface area contributed by atoms with Gasteiger partial charge in [0.2, 0.25) is 5.91 Å². The number of hydrogen-bond donors (Lipinski definition) is 0. The lowest BCUT2D eigenvalue weighted by molar-refractivity contribution is -0.132. The quantitative estimate of drug-likeness (QED) is 0.780. The predicted molar refractivity (Wildman–Crippen MR) is 116 cm³/mol. The predicted octanol–water partition coefficient (Wildman–Crippen LogP) is 4.24. The Hall–Kier alpha value is -2.33. The lowest BCUT2D eigenvalue weighted by atomic mass is 9.85. The Morgan fingerprint density at radius 3 is 2.48 bits per heavy atom. The second kappa shape index (κ2) is 8.19. The van der Waals surface area contributed by atoms with E-state index in [1.807, 2.05) is 11.0 Å². The number of rotatable bonds is 4. The van der Waals surface area contributed by atoms with Crippen LogP contribution in [0.2, 0.25) is 0 Å². The zero-order chi connectivity index (χ0) is 20.4. The number of carbonyl (C=O) groups excluding carboxylic acids is 1. The number of nitrogens with zero attached hydrogens (tertiary/aromatic N) is 2. The highest BCUT2D eigenvalue weighted by Gasteiger charge is 2.31. The van der Waals surface area contributed by atoms with Crippen LogP contribution in [0.3, 0.4) is 0 Å². The maximum Gasteiger partial charge on any atom is 0.227 e. The summed E-state index contributed by atoms with van der Waals surface area (Å²) >= 11 is 0. The Balaban J connectivity index is 1.33. The third kappa shape index (κ3) is 4.81. The highest BCUT2D eigenvalue weighted by Crippen LogP contribution is 2.40. The number of fused-ring (bicyclic) bond motifs is 1. The molecule has 4 heteroatoms. The molecular formula is C25H32N2O2. The third-order valence-electron chi connectivity index (χ3n) is 6.12. The van der Waals surface area contributed by atoms with E-state index >= 15 is 0 Å². The number of hydrogen-bond acceptors (Lipinski definition) is 3. The van der Waals surface area contributed by atoms with E-state index in [1.165, 1.54) is 11.1 Å². The molecule has 1 amide bonds. The molecule has 0 saturated carbocycles. The monoisotopic (exact) mass is 392 g/mol. The Bertz CT molecular complexity index is 854. The summed E-state index contributed by atoms with van der Waals surface area (Å²) in [4.78, 5) is 17.3. The van der Waals surface area contributed by atoms with E-state index < -0.39 is 0 Å². The van der Waals surface area contributed by atoms with Gasteiger partial charge in [0, 0.05) is 32.7 Å². The van der Waals surface area contributed by atoms with Crippen molar-refractivity contribution in [2.45, 2.75) is 51.7 Å². The highest BCUT2D eigenvalue weighted by molar-refractivity contribution is 5.79. The fraction of sp³-hybridized carbons (Fsp3) is 0.480. The molecule has 2 aromatic carbocycles. The number of benzene rings is 2. The first kappa shape index (κ1) is 20.0. The van der Waals surface area contributed by atoms with Crippen molar-refractivity contribution in [2.75, 3.05) is 26.2 Å². The molecule has 2 aliphatic heterocycles. The highest BCUT2D eigenvalue weighted by atomic mass is 16.5. The van der Waals surface area contributed by atoms with Crippen LogP contribution in [0.5, 0.6) is 5.75 Å². The summed E-state index contributed by atoms with van der Waals surface area (Å²) in [6.07, 6.45) is 1.48. The molecule has 1 unspecified atom stereocenters. The van der Waals surface area contributed by atoms with Crippen LogP contribution in [0, 0.1) is 0 Å². The van der Waals surface area contributed by atoms with Gasteiger partial charge < -0.3 is 9.64 Å². The average Bonchev–Trinajstić information content (AvgIpc) is 2.69. The van der Waals surface area contributed by atoms with Crippen molar-refractivity contribution in [1.29, 1.82) is 0 Å². The van der Waals surface area contributed by atoms with Gasteiger partial charge in [-0.2, -0.15) is 0 Å². The van der Waals surface area contributed by atoms with Crippen molar-refractivity contribution >= 4 is 5.91 Å². The molecule has 1 fully saturated rings. The first-order valence-electron chi connectivity index (χ1n) is 10.8. The minimum absolute atomic E-state index is 0.122. The Morgan fingerprint density at radius 2 is 1.76 bits per heavy atom. The van der Waals surface area contributed by atoms with Gasteiger partial charge in [-0.05, 0) is 48.9 Å². The summed E-state index contributed by atoms with van der Waals surface area (Å²) in [5, 5.41) is 0. The molecule has 0 spiro atoms. The molecule has 1 saturated heterocycles. The molecule has 4 nitrogen and oxygen atoms in total. The molecule has 0 aromatic heterocycles. The van der Waals surface area contributed by atoms with Crippen LogP contribution in [0.15, 0.2) is 48.5 Å². The number of amides is 1. The molecule has 2 heterocycles. The SMILES string of the molecule is CC1CC(C)(C)Oc2ccc(CC(=O)N3CCN(Cc4ccccc4)CC3)cc21. The second-order valence-electron chi connectivity index (χ2n) is 9.16. The van der Waals surface area contributed by atoms with Gasteiger partial charge in [-0.1, -0.05) is 49.4 Å². The van der Waals surface area contributed by atoms with Gasteiger partial charge >= 0.3 is 0 Å². The molecule has 2 aromatic rings. The lowest BCUT2D eigenvalue weighted by Crippen LogP contribution is -2.48. The minimum Gasteiger partial charge on any atom is -0.488 e. The number of ether oxygens (including phenoxy) is 1. The fourth-order valence-corrected chi connectivity index (χ4v) is 4.66. The standard InChI is InChI=1S/C25H32N2O2/c1-19-17-25(2,3)29-23-10-9-21(15-22(19)23)16-24(28)27-13-11-26(12-14-27)18-20-7-5-4-6-8-20/h4-10,15,19H,11-14,16-18H2,1-3H3. The van der Waals surface area contributed by atoms with Gasteiger partial charge in [0.1, 0.15) is 11.4 Å². The lowest BCUT2D eigenvalue weighted by Gasteiger charge is -2.37. The Kier molecular flexibility index (Phi) is 5.64. The maximum atomic E-state index is 12.9. The molecule has 0 radical (unpaired) electrons. The smallest absolute Gasteiger partial charge is 0.227 e. The molecule has 2 aliphatic rings. The van der Waals surface area contributed by atoms with Crippen molar-refractivity contribution < 1.29 is 9.53 Å². The van der Waals surface area contributed by atoms with E-state index in [2.05, 4.69) is 68.1 Å². The summed E-state index contributed by atoms with van der Waals surface area (Å²) in [6, 6.07) is 16.8. The van der Waals surface area contributed by atoms with Crippen LogP contribution in [0.4, 0.5) is 0 Å². The summed E-state index contributed by atoms with van der Waals surface area (Å²) < 4.78 is 6.13. The van der Waals surface area contributed by atoms with Crippen molar-refractivity contribution in [3.63, 3.8) is 0 Å². The van der Waals surface area contributed by atoms with Gasteiger partial charge in [-0.25, -0.2) is 0 Å². The molecule has 1 atom stereocenters. The van der Waals surface area contributed by atoms with E-state index in [9.17, 15) is 4.79 Å². The van der Waals surface area contributed by atoms with E-state index in [1.54, 1.807) is 0 Å². The van der Waals surface area contributed by atoms with Crippen LogP contribution >= 0.6 is 0 Å². The number of piperazine rings is 1. The molecule has 0 N–H and O–H groups in total. The zero-order valence-electron chi connectivity index (χ0n) is 17.9.